The van der Waals surface area contributed by atoms with E-state index in [1.54, 1.807) is 0 Å². The van der Waals surface area contributed by atoms with Gasteiger partial charge in [0.05, 0.1) is 0 Å². The molecule has 0 fully saturated rings. The molecule has 78 valence electrons. The highest BCUT2D eigenvalue weighted by Gasteiger charge is 2.06. The minimum absolute atomic E-state index is 1.04. The maximum absolute atomic E-state index is 11.0. The first-order valence-corrected chi connectivity index (χ1v) is 4.85. The van der Waals surface area contributed by atoms with E-state index in [0.29, 0.717) is 0 Å². The topological polar surface area (TPSA) is 43.4 Å². The van der Waals surface area contributed by atoms with Crippen molar-refractivity contribution in [3.8, 4) is 11.1 Å². The lowest BCUT2D eigenvalue weighted by atomic mass is 10.6. The Morgan fingerprint density at radius 1 is 1.29 bits per heavy atom. The Morgan fingerprint density at radius 3 is 2.00 bits per heavy atom. The van der Waals surface area contributed by atoms with Gasteiger partial charge in [-0.2, -0.15) is 0 Å². The molecule has 0 amide bonds. The van der Waals surface area contributed by atoms with E-state index in [1.165, 1.54) is 11.1 Å². The van der Waals surface area contributed by atoms with E-state index in [1.807, 2.05) is 0 Å². The van der Waals surface area contributed by atoms with E-state index >= 15 is 0 Å². The van der Waals surface area contributed by atoms with E-state index in [4.69, 9.17) is 0 Å². The molecule has 0 saturated carbocycles. The summed E-state index contributed by atoms with van der Waals surface area (Å²) in [7, 11) is -3.11. The number of benzene rings is 1. The predicted molar refractivity (Wildman–Crippen MR) is 47.7 cm³/mol. The molecular weight excluding hydrogens is 214 g/mol. The SMILES string of the molecule is O=[SH](=O)OCC(F)F.c1cc2cc-2c1. The van der Waals surface area contributed by atoms with Crippen molar-refractivity contribution < 1.29 is 21.4 Å². The molecule has 0 saturated heterocycles. The van der Waals surface area contributed by atoms with Gasteiger partial charge in [0.15, 0.2) is 0 Å². The van der Waals surface area contributed by atoms with E-state index in [-0.39, 0.29) is 0 Å². The summed E-state index contributed by atoms with van der Waals surface area (Å²) in [5.74, 6) is 0. The van der Waals surface area contributed by atoms with Gasteiger partial charge in [0, 0.05) is 0 Å². The fourth-order valence-electron chi connectivity index (χ4n) is 0.793. The first-order valence-electron chi connectivity index (χ1n) is 3.75. The van der Waals surface area contributed by atoms with Crippen LogP contribution in [0.15, 0.2) is 24.3 Å². The number of hydrogen-bond acceptors (Lipinski definition) is 3. The third kappa shape index (κ3) is 4.29. The van der Waals surface area contributed by atoms with Gasteiger partial charge in [-0.25, -0.2) is 17.2 Å². The minimum Gasteiger partial charge on any atom is -0.266 e. The Morgan fingerprint density at radius 2 is 1.86 bits per heavy atom. The summed E-state index contributed by atoms with van der Waals surface area (Å²) in [6.45, 7) is -1.04. The molecule has 0 heterocycles. The highest BCUT2D eigenvalue weighted by molar-refractivity contribution is 7.67. The lowest BCUT2D eigenvalue weighted by molar-refractivity contribution is 0.0873. The molecule has 0 aliphatic heterocycles. The first-order chi connectivity index (χ1) is 6.59. The van der Waals surface area contributed by atoms with E-state index < -0.39 is 24.0 Å². The van der Waals surface area contributed by atoms with Crippen LogP contribution in [0, 0.1) is 0 Å². The molecule has 2 aliphatic carbocycles. The fourth-order valence-corrected chi connectivity index (χ4v) is 1.03. The average Bonchev–Trinajstić information content (AvgIpc) is 2.72. The van der Waals surface area contributed by atoms with Crippen LogP contribution < -0.4 is 0 Å². The monoisotopic (exact) mass is 222 g/mol. The van der Waals surface area contributed by atoms with Gasteiger partial charge in [0.1, 0.15) is 6.61 Å². The second-order valence-electron chi connectivity index (χ2n) is 2.49. The maximum atomic E-state index is 11.0. The summed E-state index contributed by atoms with van der Waals surface area (Å²) in [5.41, 5.74) is 2.85. The lowest BCUT2D eigenvalue weighted by Gasteiger charge is -1.90. The van der Waals surface area contributed by atoms with E-state index in [2.05, 4.69) is 28.4 Å². The molecule has 0 aromatic heterocycles. The van der Waals surface area contributed by atoms with Crippen molar-refractivity contribution in [1.29, 1.82) is 0 Å². The lowest BCUT2D eigenvalue weighted by Crippen LogP contribution is -2.02. The van der Waals surface area contributed by atoms with Crippen molar-refractivity contribution in [2.45, 2.75) is 6.43 Å². The summed E-state index contributed by atoms with van der Waals surface area (Å²) in [6, 6.07) is 8.48. The number of rotatable bonds is 3. The van der Waals surface area contributed by atoms with Crippen LogP contribution in [0.25, 0.3) is 11.1 Å². The molecular formula is C8H8F2O3S. The molecule has 2 rings (SSSR count). The van der Waals surface area contributed by atoms with Gasteiger partial charge in [-0.05, 0) is 17.2 Å². The molecule has 0 spiro atoms. The number of alkyl halides is 2. The Kier molecular flexibility index (Phi) is 3.97. The Labute approximate surface area is 81.5 Å². The molecule has 0 unspecified atom stereocenters. The van der Waals surface area contributed by atoms with Crippen LogP contribution in [0.1, 0.15) is 0 Å². The predicted octanol–water partition coefficient (Wildman–Crippen LogP) is 1.46. The molecule has 0 atom stereocenters. The second-order valence-corrected chi connectivity index (χ2v) is 3.20. The highest BCUT2D eigenvalue weighted by atomic mass is 32.2. The van der Waals surface area contributed by atoms with Gasteiger partial charge in [0.2, 0.25) is 0 Å². The molecule has 6 heteroatoms. The summed E-state index contributed by atoms with van der Waals surface area (Å²) >= 11 is 0. The first kappa shape index (κ1) is 11.1. The zero-order chi connectivity index (χ0) is 10.6. The molecule has 0 radical (unpaired) electrons. The largest absolute Gasteiger partial charge is 0.266 e. The van der Waals surface area contributed by atoms with Crippen molar-refractivity contribution in [2.24, 2.45) is 0 Å². The highest BCUT2D eigenvalue weighted by Crippen LogP contribution is 2.32. The molecule has 14 heavy (non-hydrogen) atoms. The quantitative estimate of drug-likeness (QED) is 0.799. The Hall–Kier alpha value is -1.01. The summed E-state index contributed by atoms with van der Waals surface area (Å²) in [6.07, 6.45) is -2.72. The molecule has 0 aromatic rings. The number of thiol groups is 1. The van der Waals surface area contributed by atoms with Crippen LogP contribution in [-0.4, -0.2) is 21.5 Å². The summed E-state index contributed by atoms with van der Waals surface area (Å²) in [4.78, 5) is 0. The maximum Gasteiger partial charge on any atom is 0.263 e. The van der Waals surface area contributed by atoms with Crippen LogP contribution >= 0.6 is 0 Å². The Balaban J connectivity index is 0.000000143. The van der Waals surface area contributed by atoms with Crippen LogP contribution in [0.4, 0.5) is 8.78 Å². The summed E-state index contributed by atoms with van der Waals surface area (Å²) in [5, 5.41) is 0. The molecule has 0 bridgehead atoms. The minimum atomic E-state index is -3.11. The van der Waals surface area contributed by atoms with Crippen molar-refractivity contribution in [1.82, 2.24) is 0 Å². The summed E-state index contributed by atoms with van der Waals surface area (Å²) < 4.78 is 44.3. The van der Waals surface area contributed by atoms with Gasteiger partial charge in [-0.15, -0.1) is 0 Å². The smallest absolute Gasteiger partial charge is 0.263 e. The molecule has 0 aromatic carbocycles. The van der Waals surface area contributed by atoms with Gasteiger partial charge >= 0.3 is 0 Å². The number of fused-ring (bicyclic) bond motifs is 1. The molecule has 0 N–H and O–H groups in total. The van der Waals surface area contributed by atoms with Crippen LogP contribution in [0.5, 0.6) is 0 Å². The van der Waals surface area contributed by atoms with Crippen molar-refractivity contribution in [3.63, 3.8) is 0 Å². The third-order valence-corrected chi connectivity index (χ3v) is 1.78. The van der Waals surface area contributed by atoms with Crippen molar-refractivity contribution in [2.75, 3.05) is 6.61 Å². The normalized spacial score (nSPS) is 11.1. The van der Waals surface area contributed by atoms with Gasteiger partial charge in [-0.1, -0.05) is 18.2 Å². The van der Waals surface area contributed by atoms with Gasteiger partial charge in [-0.3, -0.25) is 4.18 Å². The van der Waals surface area contributed by atoms with E-state index in [9.17, 15) is 17.2 Å². The zero-order valence-electron chi connectivity index (χ0n) is 7.02. The second kappa shape index (κ2) is 5.02. The number of hydrogen-bond donors (Lipinski definition) is 1. The fraction of sp³-hybridized carbons (Fsp3) is 0.250. The van der Waals surface area contributed by atoms with Crippen molar-refractivity contribution >= 4 is 11.0 Å². The van der Waals surface area contributed by atoms with Crippen LogP contribution in [0.2, 0.25) is 0 Å². The zero-order valence-corrected chi connectivity index (χ0v) is 7.92. The van der Waals surface area contributed by atoms with E-state index in [0.717, 1.165) is 0 Å². The number of halogens is 2. The third-order valence-electron chi connectivity index (χ3n) is 1.42. The van der Waals surface area contributed by atoms with Gasteiger partial charge < -0.3 is 0 Å². The van der Waals surface area contributed by atoms with Crippen LogP contribution in [0.3, 0.4) is 0 Å². The molecule has 3 nitrogen and oxygen atoms in total. The Bertz CT molecular complexity index is 351. The van der Waals surface area contributed by atoms with Crippen molar-refractivity contribution in [3.05, 3.63) is 24.3 Å². The van der Waals surface area contributed by atoms with Crippen LogP contribution in [-0.2, 0) is 15.2 Å². The van der Waals surface area contributed by atoms with Gasteiger partial charge in [0.25, 0.3) is 17.4 Å². The standard InChI is InChI=1S/C6H4.C2H4F2O3S/c1-2-5-4-6(5)3-1;3-2(4)1-7-8(5)6/h1-4H;2,8H,1H2. The molecule has 2 aliphatic rings. The average molecular weight is 222 g/mol.